The maximum absolute atomic E-state index is 11.6. The van der Waals surface area contributed by atoms with Crippen LogP contribution < -0.4 is 5.48 Å². The van der Waals surface area contributed by atoms with Gasteiger partial charge in [-0.05, 0) is 0 Å². The minimum atomic E-state index is -0.455. The lowest BCUT2D eigenvalue weighted by molar-refractivity contribution is -0.133. The van der Waals surface area contributed by atoms with Gasteiger partial charge < -0.3 is 5.11 Å². The summed E-state index contributed by atoms with van der Waals surface area (Å²) in [6.45, 7) is 7.47. The van der Waals surface area contributed by atoms with Gasteiger partial charge in [-0.3, -0.25) is 9.63 Å². The Kier molecular flexibility index (Phi) is 5.13. The molecule has 13 heavy (non-hydrogen) atoms. The van der Waals surface area contributed by atoms with Crippen molar-refractivity contribution in [2.24, 2.45) is 11.3 Å². The fraction of sp³-hybridized carbons (Fsp3) is 0.889. The molecule has 0 aliphatic heterocycles. The van der Waals surface area contributed by atoms with E-state index in [4.69, 9.17) is 5.11 Å². The van der Waals surface area contributed by atoms with E-state index in [0.29, 0.717) is 6.54 Å². The fourth-order valence-electron chi connectivity index (χ4n) is 1.15. The first kappa shape index (κ1) is 12.6. The summed E-state index contributed by atoms with van der Waals surface area (Å²) in [5.74, 6) is 0.201. The molecule has 2 N–H and O–H groups in total. The minimum Gasteiger partial charge on any atom is -0.369 e. The lowest BCUT2D eigenvalue weighted by atomic mass is 9.83. The van der Waals surface area contributed by atoms with E-state index in [-0.39, 0.29) is 18.5 Å². The smallest absolute Gasteiger partial charge is 0.163 e. The number of aliphatic hydroxyl groups excluding tert-OH is 1. The van der Waals surface area contributed by atoms with E-state index in [2.05, 4.69) is 10.3 Å². The SMILES string of the molecule is CC(C)C(=O)C(C)(C)CNOCO. The molecule has 0 aliphatic rings. The number of hydroxylamine groups is 1. The van der Waals surface area contributed by atoms with E-state index in [0.717, 1.165) is 0 Å². The van der Waals surface area contributed by atoms with Crippen LogP contribution in [0.15, 0.2) is 0 Å². The van der Waals surface area contributed by atoms with Crippen molar-refractivity contribution in [1.29, 1.82) is 0 Å². The molecule has 0 aliphatic carbocycles. The number of hydrogen-bond acceptors (Lipinski definition) is 4. The van der Waals surface area contributed by atoms with Crippen molar-refractivity contribution in [3.05, 3.63) is 0 Å². The summed E-state index contributed by atoms with van der Waals surface area (Å²) in [5.41, 5.74) is 2.09. The third kappa shape index (κ3) is 4.36. The molecule has 0 amide bonds. The van der Waals surface area contributed by atoms with Crippen molar-refractivity contribution < 1.29 is 14.7 Å². The number of ketones is 1. The first-order valence-corrected chi connectivity index (χ1v) is 4.41. The normalized spacial score (nSPS) is 12.2. The summed E-state index contributed by atoms with van der Waals surface area (Å²) in [4.78, 5) is 16.2. The average molecular weight is 189 g/mol. The number of carbonyl (C=O) groups excluding carboxylic acids is 1. The summed E-state index contributed by atoms with van der Waals surface area (Å²) in [5, 5.41) is 8.34. The lowest BCUT2D eigenvalue weighted by Crippen LogP contribution is -2.38. The molecule has 0 spiro atoms. The molecule has 0 fully saturated rings. The summed E-state index contributed by atoms with van der Waals surface area (Å²) < 4.78 is 0. The second-order valence-corrected chi connectivity index (χ2v) is 4.00. The Bertz CT molecular complexity index is 166. The Morgan fingerprint density at radius 1 is 1.54 bits per heavy atom. The molecule has 0 saturated carbocycles. The number of rotatable bonds is 6. The molecule has 0 aromatic heterocycles. The Morgan fingerprint density at radius 3 is 2.46 bits per heavy atom. The third-order valence-corrected chi connectivity index (χ3v) is 1.87. The Hall–Kier alpha value is -0.450. The topological polar surface area (TPSA) is 58.6 Å². The van der Waals surface area contributed by atoms with Crippen LogP contribution in [0.2, 0.25) is 0 Å². The summed E-state index contributed by atoms with van der Waals surface area (Å²) in [7, 11) is 0. The highest BCUT2D eigenvalue weighted by Crippen LogP contribution is 2.19. The third-order valence-electron chi connectivity index (χ3n) is 1.87. The standard InChI is InChI=1S/C9H19NO3/c1-7(2)8(12)9(3,4)5-10-13-6-11/h7,10-11H,5-6H2,1-4H3. The molecule has 0 bridgehead atoms. The molecule has 78 valence electrons. The number of carbonyl (C=O) groups is 1. The van der Waals surface area contributed by atoms with E-state index in [1.165, 1.54) is 0 Å². The number of Topliss-reactive ketones (excluding diaryl/α,β-unsaturated/α-hetero) is 1. The van der Waals surface area contributed by atoms with Crippen LogP contribution in [0.5, 0.6) is 0 Å². The lowest BCUT2D eigenvalue weighted by Gasteiger charge is -2.24. The van der Waals surface area contributed by atoms with E-state index >= 15 is 0 Å². The van der Waals surface area contributed by atoms with Gasteiger partial charge in [-0.25, -0.2) is 0 Å². The molecule has 0 radical (unpaired) electrons. The molecular formula is C9H19NO3. The van der Waals surface area contributed by atoms with E-state index < -0.39 is 5.41 Å². The monoisotopic (exact) mass is 189 g/mol. The van der Waals surface area contributed by atoms with Crippen LogP contribution in [0, 0.1) is 11.3 Å². The number of aliphatic hydroxyl groups is 1. The average Bonchev–Trinajstić information content (AvgIpc) is 2.03. The number of hydrogen-bond donors (Lipinski definition) is 2. The molecule has 0 aromatic rings. The van der Waals surface area contributed by atoms with Crippen molar-refractivity contribution in [1.82, 2.24) is 5.48 Å². The summed E-state index contributed by atoms with van der Waals surface area (Å²) >= 11 is 0. The maximum atomic E-state index is 11.6. The van der Waals surface area contributed by atoms with Crippen LogP contribution in [0.1, 0.15) is 27.7 Å². The highest BCUT2D eigenvalue weighted by Gasteiger charge is 2.29. The van der Waals surface area contributed by atoms with Crippen molar-refractivity contribution in [2.45, 2.75) is 27.7 Å². The summed E-state index contributed by atoms with van der Waals surface area (Å²) in [6.07, 6.45) is 0. The van der Waals surface area contributed by atoms with E-state index in [9.17, 15) is 4.79 Å². The van der Waals surface area contributed by atoms with Crippen molar-refractivity contribution in [3.63, 3.8) is 0 Å². The van der Waals surface area contributed by atoms with Gasteiger partial charge in [0.2, 0.25) is 0 Å². The van der Waals surface area contributed by atoms with Crippen molar-refractivity contribution in [2.75, 3.05) is 13.3 Å². The van der Waals surface area contributed by atoms with Gasteiger partial charge in [0, 0.05) is 17.9 Å². The van der Waals surface area contributed by atoms with Crippen LogP contribution in [-0.4, -0.2) is 24.2 Å². The summed E-state index contributed by atoms with van der Waals surface area (Å²) in [6, 6.07) is 0. The Labute approximate surface area is 79.2 Å². The maximum Gasteiger partial charge on any atom is 0.163 e. The first-order valence-electron chi connectivity index (χ1n) is 4.41. The molecule has 0 heterocycles. The van der Waals surface area contributed by atoms with Gasteiger partial charge in [-0.2, -0.15) is 5.48 Å². The highest BCUT2D eigenvalue weighted by molar-refractivity contribution is 5.85. The minimum absolute atomic E-state index is 0.0194. The zero-order chi connectivity index (χ0) is 10.5. The number of nitrogens with one attached hydrogen (secondary N) is 1. The van der Waals surface area contributed by atoms with Gasteiger partial charge in [0.15, 0.2) is 6.79 Å². The molecule has 0 atom stereocenters. The Morgan fingerprint density at radius 2 is 2.08 bits per heavy atom. The quantitative estimate of drug-likeness (QED) is 0.367. The van der Waals surface area contributed by atoms with Crippen LogP contribution in [0.3, 0.4) is 0 Å². The molecule has 0 saturated heterocycles. The van der Waals surface area contributed by atoms with Crippen LogP contribution >= 0.6 is 0 Å². The van der Waals surface area contributed by atoms with Gasteiger partial charge in [-0.15, -0.1) is 0 Å². The van der Waals surface area contributed by atoms with Gasteiger partial charge in [-0.1, -0.05) is 27.7 Å². The molecule has 4 heteroatoms. The highest BCUT2D eigenvalue weighted by atomic mass is 16.7. The van der Waals surface area contributed by atoms with Crippen LogP contribution in [-0.2, 0) is 9.63 Å². The van der Waals surface area contributed by atoms with Gasteiger partial charge >= 0.3 is 0 Å². The Balaban J connectivity index is 3.99. The van der Waals surface area contributed by atoms with E-state index in [1.807, 2.05) is 27.7 Å². The van der Waals surface area contributed by atoms with Crippen molar-refractivity contribution >= 4 is 5.78 Å². The molecule has 0 rings (SSSR count). The zero-order valence-electron chi connectivity index (χ0n) is 8.76. The zero-order valence-corrected chi connectivity index (χ0v) is 8.76. The van der Waals surface area contributed by atoms with E-state index in [1.54, 1.807) is 0 Å². The molecular weight excluding hydrogens is 170 g/mol. The predicted molar refractivity (Wildman–Crippen MR) is 49.8 cm³/mol. The first-order chi connectivity index (χ1) is 5.91. The van der Waals surface area contributed by atoms with Gasteiger partial charge in [0.05, 0.1) is 0 Å². The molecule has 0 unspecified atom stereocenters. The van der Waals surface area contributed by atoms with Crippen molar-refractivity contribution in [3.8, 4) is 0 Å². The van der Waals surface area contributed by atoms with Crippen LogP contribution in [0.4, 0.5) is 0 Å². The largest absolute Gasteiger partial charge is 0.369 e. The van der Waals surface area contributed by atoms with Gasteiger partial charge in [0.1, 0.15) is 5.78 Å². The van der Waals surface area contributed by atoms with Crippen LogP contribution in [0.25, 0.3) is 0 Å². The van der Waals surface area contributed by atoms with Gasteiger partial charge in [0.25, 0.3) is 0 Å². The fourth-order valence-corrected chi connectivity index (χ4v) is 1.15. The second-order valence-electron chi connectivity index (χ2n) is 4.00. The molecule has 0 aromatic carbocycles. The second kappa shape index (κ2) is 5.32. The molecule has 4 nitrogen and oxygen atoms in total. The predicted octanol–water partition coefficient (Wildman–Crippen LogP) is 0.709.